The van der Waals surface area contributed by atoms with Crippen molar-refractivity contribution in [3.05, 3.63) is 53.2 Å². The van der Waals surface area contributed by atoms with Crippen LogP contribution in [0.3, 0.4) is 0 Å². The number of benzene rings is 1. The van der Waals surface area contributed by atoms with Crippen molar-refractivity contribution in [2.24, 2.45) is 5.73 Å². The van der Waals surface area contributed by atoms with E-state index in [1.807, 2.05) is 6.92 Å². The summed E-state index contributed by atoms with van der Waals surface area (Å²) in [4.78, 5) is 15.9. The van der Waals surface area contributed by atoms with Gasteiger partial charge in [-0.1, -0.05) is 19.1 Å². The Morgan fingerprint density at radius 2 is 2.17 bits per heavy atom. The van der Waals surface area contributed by atoms with Crippen LogP contribution in [0, 0.1) is 0 Å². The normalized spacial score (nSPS) is 12.9. The monoisotopic (exact) mass is 327 g/mol. The van der Waals surface area contributed by atoms with Crippen LogP contribution in [0.4, 0.5) is 13.2 Å². The highest BCUT2D eigenvalue weighted by atomic mass is 19.4. The average Bonchev–Trinajstić information content (AvgIpc) is 3.01. The molecule has 0 aliphatic rings. The molecule has 1 unspecified atom stereocenters. The van der Waals surface area contributed by atoms with Crippen LogP contribution in [-0.2, 0) is 12.7 Å². The topological polar surface area (TPSA) is 81.1 Å². The number of nitrogens with two attached hydrogens (primary N) is 1. The van der Waals surface area contributed by atoms with Gasteiger partial charge in [0.15, 0.2) is 5.69 Å². The predicted octanol–water partition coefficient (Wildman–Crippen LogP) is 3.03. The lowest BCUT2D eigenvalue weighted by molar-refractivity contribution is -0.137. The number of oxazole rings is 1. The molecular weight excluding hydrogens is 311 g/mol. The summed E-state index contributed by atoms with van der Waals surface area (Å²) in [6.45, 7) is 1.80. The number of carbonyl (C=O) groups excluding carboxylic acids is 1. The van der Waals surface area contributed by atoms with Gasteiger partial charge < -0.3 is 15.5 Å². The summed E-state index contributed by atoms with van der Waals surface area (Å²) in [7, 11) is 0. The maximum atomic E-state index is 12.6. The number of hydrogen-bond acceptors (Lipinski definition) is 4. The highest BCUT2D eigenvalue weighted by Gasteiger charge is 2.30. The fraction of sp³-hybridized carbons (Fsp3) is 0.333. The number of hydrogen-bond donors (Lipinski definition) is 2. The van der Waals surface area contributed by atoms with E-state index in [0.29, 0.717) is 12.0 Å². The molecule has 5 nitrogen and oxygen atoms in total. The zero-order valence-electron chi connectivity index (χ0n) is 12.4. The van der Waals surface area contributed by atoms with Crippen LogP contribution in [0.15, 0.2) is 34.9 Å². The molecule has 1 aromatic heterocycles. The first kappa shape index (κ1) is 17.0. The van der Waals surface area contributed by atoms with Crippen molar-refractivity contribution < 1.29 is 22.4 Å². The Kier molecular flexibility index (Phi) is 5.05. The van der Waals surface area contributed by atoms with Crippen LogP contribution in [-0.4, -0.2) is 10.9 Å². The summed E-state index contributed by atoms with van der Waals surface area (Å²) in [6, 6.07) is 4.35. The average molecular weight is 327 g/mol. The number of aromatic nitrogens is 1. The molecule has 2 rings (SSSR count). The summed E-state index contributed by atoms with van der Waals surface area (Å²) < 4.78 is 43.0. The predicted molar refractivity (Wildman–Crippen MR) is 76.3 cm³/mol. The fourth-order valence-corrected chi connectivity index (χ4v) is 1.87. The van der Waals surface area contributed by atoms with Gasteiger partial charge in [-0.3, -0.25) is 4.79 Å². The molecule has 124 valence electrons. The molecular formula is C15H16F3N3O2. The van der Waals surface area contributed by atoms with E-state index in [2.05, 4.69) is 10.3 Å². The Morgan fingerprint density at radius 3 is 2.83 bits per heavy atom. The van der Waals surface area contributed by atoms with Gasteiger partial charge >= 0.3 is 6.18 Å². The molecule has 0 spiro atoms. The van der Waals surface area contributed by atoms with E-state index >= 15 is 0 Å². The van der Waals surface area contributed by atoms with Crippen LogP contribution >= 0.6 is 0 Å². The number of carbonyl (C=O) groups is 1. The van der Waals surface area contributed by atoms with E-state index in [0.717, 1.165) is 12.1 Å². The van der Waals surface area contributed by atoms with Gasteiger partial charge in [0.05, 0.1) is 11.6 Å². The standard InChI is InChI=1S/C15H16F3N3O2/c1-2-11(19)14-21-12(8-23-14)13(22)20-7-9-4-3-5-10(6-9)15(16,17)18/h3-6,8,11H,2,7,19H2,1H3,(H,20,22). The first-order valence-corrected chi connectivity index (χ1v) is 6.96. The molecule has 1 atom stereocenters. The van der Waals surface area contributed by atoms with Crippen molar-refractivity contribution in [1.82, 2.24) is 10.3 Å². The Labute approximate surface area is 130 Å². The van der Waals surface area contributed by atoms with E-state index in [1.165, 1.54) is 18.4 Å². The largest absolute Gasteiger partial charge is 0.446 e. The Bertz CT molecular complexity index is 683. The lowest BCUT2D eigenvalue weighted by atomic mass is 10.1. The molecule has 0 radical (unpaired) electrons. The lowest BCUT2D eigenvalue weighted by Crippen LogP contribution is -2.23. The van der Waals surface area contributed by atoms with Gasteiger partial charge in [-0.15, -0.1) is 0 Å². The second-order valence-corrected chi connectivity index (χ2v) is 4.97. The number of nitrogens with one attached hydrogen (secondary N) is 1. The number of halogens is 3. The Hall–Kier alpha value is -2.35. The zero-order chi connectivity index (χ0) is 17.0. The van der Waals surface area contributed by atoms with Gasteiger partial charge in [0.2, 0.25) is 5.89 Å². The summed E-state index contributed by atoms with van der Waals surface area (Å²) >= 11 is 0. The lowest BCUT2D eigenvalue weighted by Gasteiger charge is -2.09. The van der Waals surface area contributed by atoms with Crippen molar-refractivity contribution >= 4 is 5.91 Å². The molecule has 0 aliphatic carbocycles. The minimum atomic E-state index is -4.42. The molecule has 0 saturated heterocycles. The summed E-state index contributed by atoms with van der Waals surface area (Å²) in [5, 5.41) is 2.49. The maximum Gasteiger partial charge on any atom is 0.416 e. The van der Waals surface area contributed by atoms with E-state index in [1.54, 1.807) is 0 Å². The molecule has 1 heterocycles. The number of rotatable bonds is 5. The van der Waals surface area contributed by atoms with Gasteiger partial charge in [-0.2, -0.15) is 13.2 Å². The van der Waals surface area contributed by atoms with E-state index in [4.69, 9.17) is 10.2 Å². The van der Waals surface area contributed by atoms with Gasteiger partial charge in [-0.25, -0.2) is 4.98 Å². The van der Waals surface area contributed by atoms with E-state index < -0.39 is 23.7 Å². The molecule has 23 heavy (non-hydrogen) atoms. The molecule has 1 amide bonds. The number of amides is 1. The summed E-state index contributed by atoms with van der Waals surface area (Å²) in [6.07, 6.45) is -2.64. The summed E-state index contributed by atoms with van der Waals surface area (Å²) in [5.41, 5.74) is 5.35. The zero-order valence-corrected chi connectivity index (χ0v) is 12.4. The Morgan fingerprint density at radius 1 is 1.43 bits per heavy atom. The summed E-state index contributed by atoms with van der Waals surface area (Å²) in [5.74, 6) is -0.294. The first-order chi connectivity index (χ1) is 10.8. The van der Waals surface area contributed by atoms with Crippen LogP contribution < -0.4 is 11.1 Å². The van der Waals surface area contributed by atoms with Crippen LogP contribution in [0.5, 0.6) is 0 Å². The molecule has 3 N–H and O–H groups in total. The van der Waals surface area contributed by atoms with Crippen LogP contribution in [0.2, 0.25) is 0 Å². The minimum absolute atomic E-state index is 0.0378. The maximum absolute atomic E-state index is 12.6. The van der Waals surface area contributed by atoms with Crippen molar-refractivity contribution in [2.75, 3.05) is 0 Å². The third-order valence-electron chi connectivity index (χ3n) is 3.22. The van der Waals surface area contributed by atoms with Gasteiger partial charge in [0, 0.05) is 6.54 Å². The van der Waals surface area contributed by atoms with Crippen molar-refractivity contribution in [2.45, 2.75) is 32.1 Å². The second-order valence-electron chi connectivity index (χ2n) is 4.97. The number of alkyl halides is 3. The van der Waals surface area contributed by atoms with Gasteiger partial charge in [0.25, 0.3) is 5.91 Å². The van der Waals surface area contributed by atoms with Crippen LogP contribution in [0.25, 0.3) is 0 Å². The highest BCUT2D eigenvalue weighted by Crippen LogP contribution is 2.29. The molecule has 0 aliphatic heterocycles. The van der Waals surface area contributed by atoms with Crippen molar-refractivity contribution in [3.8, 4) is 0 Å². The smallest absolute Gasteiger partial charge is 0.416 e. The van der Waals surface area contributed by atoms with Gasteiger partial charge in [-0.05, 0) is 24.1 Å². The first-order valence-electron chi connectivity index (χ1n) is 6.96. The minimum Gasteiger partial charge on any atom is -0.446 e. The van der Waals surface area contributed by atoms with Crippen molar-refractivity contribution in [3.63, 3.8) is 0 Å². The Balaban J connectivity index is 2.01. The van der Waals surface area contributed by atoms with Crippen molar-refractivity contribution in [1.29, 1.82) is 0 Å². The number of nitrogens with zero attached hydrogens (tertiary/aromatic N) is 1. The molecule has 8 heteroatoms. The molecule has 2 aromatic rings. The van der Waals surface area contributed by atoms with E-state index in [9.17, 15) is 18.0 Å². The molecule has 0 bridgehead atoms. The fourth-order valence-electron chi connectivity index (χ4n) is 1.87. The quantitative estimate of drug-likeness (QED) is 0.884. The van der Waals surface area contributed by atoms with E-state index in [-0.39, 0.29) is 18.1 Å². The third-order valence-corrected chi connectivity index (χ3v) is 3.22. The third kappa shape index (κ3) is 4.32. The van der Waals surface area contributed by atoms with Crippen LogP contribution in [0.1, 0.15) is 46.9 Å². The highest BCUT2D eigenvalue weighted by molar-refractivity contribution is 5.91. The molecule has 1 aromatic carbocycles. The van der Waals surface area contributed by atoms with Gasteiger partial charge in [0.1, 0.15) is 6.26 Å². The molecule has 0 fully saturated rings. The molecule has 0 saturated carbocycles. The second kappa shape index (κ2) is 6.82. The SMILES string of the molecule is CCC(N)c1nc(C(=O)NCc2cccc(C(F)(F)F)c2)co1.